The molecule has 0 N–H and O–H groups in total. The lowest BCUT2D eigenvalue weighted by Gasteiger charge is -2.36. The van der Waals surface area contributed by atoms with Gasteiger partial charge in [-0.3, -0.25) is 0 Å². The van der Waals surface area contributed by atoms with E-state index in [1.54, 1.807) is 0 Å². The van der Waals surface area contributed by atoms with Crippen LogP contribution in [0.5, 0.6) is 0 Å². The van der Waals surface area contributed by atoms with Crippen LogP contribution in [0.15, 0.2) is 0 Å². The molecule has 0 amide bonds. The molecule has 1 saturated carbocycles. The fourth-order valence-corrected chi connectivity index (χ4v) is 6.34. The Kier molecular flexibility index (Phi) is 6.73. The predicted octanol–water partition coefficient (Wildman–Crippen LogP) is 5.52. The average molecular weight is 331 g/mol. The van der Waals surface area contributed by atoms with E-state index >= 15 is 0 Å². The fraction of sp³-hybridized carbons (Fsp3) is 1.00. The second-order valence-electron chi connectivity index (χ2n) is 8.61. The standard InChI is InChI=1S/C17H38O2Si2/c1-10-13-14(11-2)16(18-20(4,5)6)17(15(13)12-3)19-21(7,8)9/h13-17H,10-12H2,1-9H3. The van der Waals surface area contributed by atoms with Crippen LogP contribution in [0, 0.1) is 17.8 Å². The summed E-state index contributed by atoms with van der Waals surface area (Å²) in [5.74, 6) is 2.11. The molecule has 0 bridgehead atoms. The molecular weight excluding hydrogens is 292 g/mol. The third kappa shape index (κ3) is 5.19. The maximum Gasteiger partial charge on any atom is 0.184 e. The van der Waals surface area contributed by atoms with E-state index in [0.29, 0.717) is 24.0 Å². The lowest BCUT2D eigenvalue weighted by Crippen LogP contribution is -2.45. The number of hydrogen-bond acceptors (Lipinski definition) is 2. The van der Waals surface area contributed by atoms with Gasteiger partial charge in [-0.1, -0.05) is 40.0 Å². The first-order valence-electron chi connectivity index (χ1n) is 8.89. The summed E-state index contributed by atoms with van der Waals surface area (Å²) in [6, 6.07) is 0. The van der Waals surface area contributed by atoms with Crippen molar-refractivity contribution in [1.82, 2.24) is 0 Å². The van der Waals surface area contributed by atoms with Gasteiger partial charge in [-0.2, -0.15) is 0 Å². The number of rotatable bonds is 7. The highest BCUT2D eigenvalue weighted by Gasteiger charge is 2.51. The van der Waals surface area contributed by atoms with Crippen LogP contribution >= 0.6 is 0 Å². The van der Waals surface area contributed by atoms with E-state index in [1.165, 1.54) is 19.3 Å². The van der Waals surface area contributed by atoms with Crippen LogP contribution in [0.1, 0.15) is 40.0 Å². The van der Waals surface area contributed by atoms with Gasteiger partial charge in [0.25, 0.3) is 0 Å². The summed E-state index contributed by atoms with van der Waals surface area (Å²) in [5.41, 5.74) is 0. The minimum atomic E-state index is -1.55. The molecule has 1 fully saturated rings. The Morgan fingerprint density at radius 1 is 0.571 bits per heavy atom. The van der Waals surface area contributed by atoms with Crippen LogP contribution in [-0.4, -0.2) is 28.8 Å². The zero-order valence-corrected chi connectivity index (χ0v) is 17.8. The van der Waals surface area contributed by atoms with E-state index in [9.17, 15) is 0 Å². The van der Waals surface area contributed by atoms with Gasteiger partial charge in [-0.05, 0) is 57.0 Å². The molecule has 1 aliphatic carbocycles. The molecular formula is C17H38O2Si2. The maximum atomic E-state index is 6.66. The summed E-state index contributed by atoms with van der Waals surface area (Å²) >= 11 is 0. The van der Waals surface area contributed by atoms with Crippen molar-refractivity contribution in [2.24, 2.45) is 17.8 Å². The fourth-order valence-electron chi connectivity index (χ4n) is 4.09. The van der Waals surface area contributed by atoms with E-state index in [-0.39, 0.29) is 0 Å². The molecule has 0 aromatic heterocycles. The summed E-state index contributed by atoms with van der Waals surface area (Å²) in [6.07, 6.45) is 4.34. The third-order valence-corrected chi connectivity index (χ3v) is 6.62. The highest BCUT2D eigenvalue weighted by atomic mass is 28.4. The van der Waals surface area contributed by atoms with E-state index < -0.39 is 16.6 Å². The monoisotopic (exact) mass is 330 g/mol. The normalized spacial score (nSPS) is 34.4. The number of hydrogen-bond donors (Lipinski definition) is 0. The van der Waals surface area contributed by atoms with Gasteiger partial charge in [0.15, 0.2) is 16.6 Å². The predicted molar refractivity (Wildman–Crippen MR) is 97.8 cm³/mol. The largest absolute Gasteiger partial charge is 0.412 e. The highest BCUT2D eigenvalue weighted by Crippen LogP contribution is 2.47. The van der Waals surface area contributed by atoms with E-state index in [2.05, 4.69) is 60.1 Å². The van der Waals surface area contributed by atoms with Gasteiger partial charge in [0.2, 0.25) is 0 Å². The molecule has 0 heterocycles. The van der Waals surface area contributed by atoms with Crippen LogP contribution in [0.4, 0.5) is 0 Å². The van der Waals surface area contributed by atoms with Crippen molar-refractivity contribution >= 4 is 16.6 Å². The Labute approximate surface area is 135 Å². The summed E-state index contributed by atoms with van der Waals surface area (Å²) in [5, 5.41) is 0. The van der Waals surface area contributed by atoms with Gasteiger partial charge in [0.1, 0.15) is 0 Å². The first kappa shape index (κ1) is 19.4. The van der Waals surface area contributed by atoms with Crippen LogP contribution in [0.25, 0.3) is 0 Å². The van der Waals surface area contributed by atoms with Crippen LogP contribution in [0.3, 0.4) is 0 Å². The van der Waals surface area contributed by atoms with Crippen molar-refractivity contribution in [3.05, 3.63) is 0 Å². The Morgan fingerprint density at radius 3 is 1.05 bits per heavy atom. The molecule has 0 radical (unpaired) electrons. The smallest absolute Gasteiger partial charge is 0.184 e. The van der Waals surface area contributed by atoms with Crippen LogP contribution in [-0.2, 0) is 8.85 Å². The molecule has 1 aliphatic rings. The van der Waals surface area contributed by atoms with Gasteiger partial charge in [-0.15, -0.1) is 0 Å². The molecule has 4 atom stereocenters. The summed E-state index contributed by atoms with van der Waals surface area (Å²) < 4.78 is 13.3. The van der Waals surface area contributed by atoms with Crippen molar-refractivity contribution < 1.29 is 8.85 Å². The van der Waals surface area contributed by atoms with Crippen LogP contribution < -0.4 is 0 Å². The first-order valence-corrected chi connectivity index (χ1v) is 15.7. The zero-order valence-electron chi connectivity index (χ0n) is 15.8. The lowest BCUT2D eigenvalue weighted by molar-refractivity contribution is 0.0260. The quantitative estimate of drug-likeness (QED) is 0.572. The van der Waals surface area contributed by atoms with Crippen molar-refractivity contribution in [1.29, 1.82) is 0 Å². The SMILES string of the molecule is CCC1C(CC)C(O[Si](C)(C)C)C(O[Si](C)(C)C)C1CC. The van der Waals surface area contributed by atoms with Crippen LogP contribution in [0.2, 0.25) is 39.3 Å². The Hall–Kier alpha value is 0.354. The molecule has 0 saturated heterocycles. The van der Waals surface area contributed by atoms with E-state index in [0.717, 1.165) is 5.92 Å². The van der Waals surface area contributed by atoms with Crippen molar-refractivity contribution in [3.8, 4) is 0 Å². The molecule has 0 aromatic carbocycles. The minimum absolute atomic E-state index is 0.322. The van der Waals surface area contributed by atoms with Gasteiger partial charge in [0.05, 0.1) is 12.2 Å². The second kappa shape index (κ2) is 7.28. The molecule has 2 nitrogen and oxygen atoms in total. The molecule has 4 unspecified atom stereocenters. The molecule has 0 spiro atoms. The van der Waals surface area contributed by atoms with Gasteiger partial charge < -0.3 is 8.85 Å². The summed E-state index contributed by atoms with van der Waals surface area (Å²) in [7, 11) is -3.09. The van der Waals surface area contributed by atoms with Gasteiger partial charge in [-0.25, -0.2) is 0 Å². The zero-order chi connectivity index (χ0) is 16.4. The Morgan fingerprint density at radius 2 is 0.857 bits per heavy atom. The average Bonchev–Trinajstić information content (AvgIpc) is 2.58. The molecule has 0 aliphatic heterocycles. The van der Waals surface area contributed by atoms with Gasteiger partial charge in [0, 0.05) is 0 Å². The summed E-state index contributed by atoms with van der Waals surface area (Å²) in [4.78, 5) is 0. The Bertz CT molecular complexity index is 290. The van der Waals surface area contributed by atoms with Gasteiger partial charge >= 0.3 is 0 Å². The van der Waals surface area contributed by atoms with Crippen molar-refractivity contribution in [2.75, 3.05) is 0 Å². The second-order valence-corrected chi connectivity index (χ2v) is 17.5. The molecule has 21 heavy (non-hydrogen) atoms. The first-order chi connectivity index (χ1) is 9.54. The van der Waals surface area contributed by atoms with E-state index in [4.69, 9.17) is 8.85 Å². The van der Waals surface area contributed by atoms with Crippen molar-refractivity contribution in [3.63, 3.8) is 0 Å². The Balaban J connectivity index is 3.10. The third-order valence-electron chi connectivity index (χ3n) is 4.66. The lowest BCUT2D eigenvalue weighted by atomic mass is 9.84. The van der Waals surface area contributed by atoms with E-state index in [1.807, 2.05) is 0 Å². The molecule has 0 aromatic rings. The molecule has 126 valence electrons. The highest BCUT2D eigenvalue weighted by molar-refractivity contribution is 6.70. The molecule has 4 heteroatoms. The summed E-state index contributed by atoms with van der Waals surface area (Å²) in [6.45, 7) is 20.9. The maximum absolute atomic E-state index is 6.66. The minimum Gasteiger partial charge on any atom is -0.412 e. The molecule has 1 rings (SSSR count). The van der Waals surface area contributed by atoms with Crippen molar-refractivity contribution in [2.45, 2.75) is 91.5 Å². The topological polar surface area (TPSA) is 18.5 Å².